The molecule has 1 aliphatic rings. The summed E-state index contributed by atoms with van der Waals surface area (Å²) < 4.78 is 5.27. The second-order valence-electron chi connectivity index (χ2n) is 5.37. The Balaban J connectivity index is 1.72. The first kappa shape index (κ1) is 15.8. The lowest BCUT2D eigenvalue weighted by atomic mass is 9.97. The van der Waals surface area contributed by atoms with Crippen molar-refractivity contribution < 1.29 is 19.4 Å². The highest BCUT2D eigenvalue weighted by atomic mass is 32.1. The Labute approximate surface area is 127 Å². The van der Waals surface area contributed by atoms with Gasteiger partial charge in [-0.05, 0) is 25.5 Å². The van der Waals surface area contributed by atoms with Crippen LogP contribution in [0.2, 0.25) is 0 Å². The Morgan fingerprint density at radius 2 is 2.10 bits per heavy atom. The fraction of sp³-hybridized carbons (Fsp3) is 0.571. The smallest absolute Gasteiger partial charge is 0.329 e. The van der Waals surface area contributed by atoms with E-state index >= 15 is 0 Å². The highest BCUT2D eigenvalue weighted by Gasteiger charge is 2.42. The topological polar surface area (TPSA) is 78.9 Å². The molecule has 0 bridgehead atoms. The number of aryl methyl sites for hydroxylation is 1. The molecule has 21 heavy (non-hydrogen) atoms. The van der Waals surface area contributed by atoms with E-state index in [1.54, 1.807) is 16.2 Å². The zero-order valence-electron chi connectivity index (χ0n) is 12.2. The molecule has 1 fully saturated rings. The molecule has 0 radical (unpaired) electrons. The van der Waals surface area contributed by atoms with E-state index in [4.69, 9.17) is 9.84 Å². The van der Waals surface area contributed by atoms with Crippen LogP contribution < -0.4 is 5.32 Å². The van der Waals surface area contributed by atoms with Gasteiger partial charge in [0.25, 0.3) is 0 Å². The molecule has 0 aromatic carbocycles. The molecule has 116 valence electrons. The maximum atomic E-state index is 11.9. The molecule has 2 rings (SSSR count). The number of carboxylic acid groups (broad SMARTS) is 1. The first-order valence-corrected chi connectivity index (χ1v) is 7.69. The molecule has 2 N–H and O–H groups in total. The van der Waals surface area contributed by atoms with E-state index in [2.05, 4.69) is 18.3 Å². The number of hydrogen-bond acceptors (Lipinski definition) is 4. The standard InChI is InChI=1S/C14H20N2O4S/c1-3-10-4-5-11(21-10)6-15-13(19)16-8-14(2,9-16)20-7-12(17)18/h4-5H,3,6-9H2,1-2H3,(H,15,19)(H,17,18). The average molecular weight is 312 g/mol. The quantitative estimate of drug-likeness (QED) is 0.838. The van der Waals surface area contributed by atoms with E-state index in [-0.39, 0.29) is 12.6 Å². The van der Waals surface area contributed by atoms with Crippen molar-refractivity contribution in [1.29, 1.82) is 0 Å². The van der Waals surface area contributed by atoms with Gasteiger partial charge < -0.3 is 20.1 Å². The first-order valence-electron chi connectivity index (χ1n) is 6.88. The number of rotatable bonds is 6. The highest BCUT2D eigenvalue weighted by molar-refractivity contribution is 7.11. The third-order valence-corrected chi connectivity index (χ3v) is 4.59. The third-order valence-electron chi connectivity index (χ3n) is 3.36. The van der Waals surface area contributed by atoms with Crippen molar-refractivity contribution in [1.82, 2.24) is 10.2 Å². The lowest BCUT2D eigenvalue weighted by molar-refractivity contribution is -0.159. The van der Waals surface area contributed by atoms with Crippen LogP contribution >= 0.6 is 11.3 Å². The second kappa shape index (κ2) is 6.44. The number of nitrogens with zero attached hydrogens (tertiary/aromatic N) is 1. The van der Waals surface area contributed by atoms with Crippen molar-refractivity contribution in [3.8, 4) is 0 Å². The van der Waals surface area contributed by atoms with E-state index < -0.39 is 11.6 Å². The molecule has 0 aliphatic carbocycles. The Kier molecular flexibility index (Phi) is 4.84. The molecule has 0 atom stereocenters. The van der Waals surface area contributed by atoms with Crippen LogP contribution in [0.3, 0.4) is 0 Å². The second-order valence-corrected chi connectivity index (χ2v) is 6.62. The molecule has 6 nitrogen and oxygen atoms in total. The number of hydrogen-bond donors (Lipinski definition) is 2. The number of carboxylic acids is 1. The Bertz CT molecular complexity index is 523. The number of carbonyl (C=O) groups is 2. The Morgan fingerprint density at radius 1 is 1.43 bits per heavy atom. The van der Waals surface area contributed by atoms with E-state index in [1.807, 2.05) is 13.0 Å². The largest absolute Gasteiger partial charge is 0.480 e. The van der Waals surface area contributed by atoms with E-state index in [0.29, 0.717) is 19.6 Å². The molecule has 1 saturated heterocycles. The van der Waals surface area contributed by atoms with Gasteiger partial charge in [-0.1, -0.05) is 6.92 Å². The van der Waals surface area contributed by atoms with E-state index in [1.165, 1.54) is 4.88 Å². The molecule has 0 unspecified atom stereocenters. The molecule has 7 heteroatoms. The number of urea groups is 1. The molecule has 1 aromatic rings. The van der Waals surface area contributed by atoms with Crippen LogP contribution in [0.25, 0.3) is 0 Å². The third kappa shape index (κ3) is 4.18. The maximum absolute atomic E-state index is 11.9. The minimum Gasteiger partial charge on any atom is -0.480 e. The Morgan fingerprint density at radius 3 is 2.67 bits per heavy atom. The van der Waals surface area contributed by atoms with E-state index in [0.717, 1.165) is 11.3 Å². The lowest BCUT2D eigenvalue weighted by Crippen LogP contribution is -2.65. The fourth-order valence-electron chi connectivity index (χ4n) is 2.21. The number of amides is 2. The van der Waals surface area contributed by atoms with E-state index in [9.17, 15) is 9.59 Å². The van der Waals surface area contributed by atoms with Gasteiger partial charge in [0.15, 0.2) is 0 Å². The van der Waals surface area contributed by atoms with Crippen molar-refractivity contribution in [3.05, 3.63) is 21.9 Å². The summed E-state index contributed by atoms with van der Waals surface area (Å²) in [6, 6.07) is 3.96. The van der Waals surface area contributed by atoms with Gasteiger partial charge in [0.2, 0.25) is 0 Å². The number of nitrogens with one attached hydrogen (secondary N) is 1. The van der Waals surface area contributed by atoms with Crippen molar-refractivity contribution in [3.63, 3.8) is 0 Å². The van der Waals surface area contributed by atoms with Crippen molar-refractivity contribution in [2.24, 2.45) is 0 Å². The molecule has 1 aliphatic heterocycles. The van der Waals surface area contributed by atoms with Gasteiger partial charge in [0.1, 0.15) is 12.2 Å². The number of aliphatic carboxylic acids is 1. The molecule has 2 heterocycles. The number of carbonyl (C=O) groups excluding carboxylic acids is 1. The van der Waals surface area contributed by atoms with Gasteiger partial charge in [0.05, 0.1) is 19.6 Å². The normalized spacial score (nSPS) is 16.4. The molecular formula is C14H20N2O4S. The van der Waals surface area contributed by atoms with Gasteiger partial charge in [-0.2, -0.15) is 0 Å². The predicted molar refractivity (Wildman–Crippen MR) is 79.5 cm³/mol. The summed E-state index contributed by atoms with van der Waals surface area (Å²) in [5, 5.41) is 11.5. The van der Waals surface area contributed by atoms with Crippen LogP contribution in [0.5, 0.6) is 0 Å². The van der Waals surface area contributed by atoms with Crippen LogP contribution in [-0.2, 0) is 22.5 Å². The average Bonchev–Trinajstić information content (AvgIpc) is 2.87. The van der Waals surface area contributed by atoms with Gasteiger partial charge in [-0.3, -0.25) is 0 Å². The zero-order chi connectivity index (χ0) is 15.5. The number of ether oxygens (including phenoxy) is 1. The van der Waals surface area contributed by atoms with Crippen molar-refractivity contribution in [2.45, 2.75) is 32.4 Å². The molecule has 0 saturated carbocycles. The first-order chi connectivity index (χ1) is 9.92. The number of thiophene rings is 1. The molecule has 0 spiro atoms. The minimum atomic E-state index is -0.997. The lowest BCUT2D eigenvalue weighted by Gasteiger charge is -2.46. The summed E-state index contributed by atoms with van der Waals surface area (Å²) in [5.74, 6) is -0.997. The van der Waals surface area contributed by atoms with Crippen molar-refractivity contribution >= 4 is 23.3 Å². The zero-order valence-corrected chi connectivity index (χ0v) is 13.0. The van der Waals surface area contributed by atoms with Crippen LogP contribution in [0.4, 0.5) is 4.79 Å². The summed E-state index contributed by atoms with van der Waals surface area (Å²) in [7, 11) is 0. The monoisotopic (exact) mass is 312 g/mol. The predicted octanol–water partition coefficient (Wildman–Crippen LogP) is 1.70. The minimum absolute atomic E-state index is 0.141. The van der Waals surface area contributed by atoms with Crippen LogP contribution in [-0.4, -0.2) is 47.3 Å². The number of likely N-dealkylation sites (tertiary alicyclic amines) is 1. The van der Waals surface area contributed by atoms with Crippen molar-refractivity contribution in [2.75, 3.05) is 19.7 Å². The highest BCUT2D eigenvalue weighted by Crippen LogP contribution is 2.24. The van der Waals surface area contributed by atoms with Crippen LogP contribution in [0.15, 0.2) is 12.1 Å². The summed E-state index contributed by atoms with van der Waals surface area (Å²) in [6.07, 6.45) is 1.00. The van der Waals surface area contributed by atoms with Crippen LogP contribution in [0.1, 0.15) is 23.6 Å². The van der Waals surface area contributed by atoms with Crippen LogP contribution in [0, 0.1) is 0 Å². The van der Waals surface area contributed by atoms with Gasteiger partial charge in [-0.15, -0.1) is 11.3 Å². The fourth-order valence-corrected chi connectivity index (χ4v) is 3.11. The maximum Gasteiger partial charge on any atom is 0.329 e. The Hall–Kier alpha value is -1.60. The summed E-state index contributed by atoms with van der Waals surface area (Å²) in [6.45, 7) is 4.93. The SMILES string of the molecule is CCc1ccc(CNC(=O)N2CC(C)(OCC(=O)O)C2)s1. The molecule has 2 amide bonds. The summed E-state index contributed by atoms with van der Waals surface area (Å²) >= 11 is 1.70. The van der Waals surface area contributed by atoms with Gasteiger partial charge in [-0.25, -0.2) is 9.59 Å². The van der Waals surface area contributed by atoms with Gasteiger partial charge in [0, 0.05) is 9.75 Å². The van der Waals surface area contributed by atoms with Gasteiger partial charge >= 0.3 is 12.0 Å². The summed E-state index contributed by atoms with van der Waals surface area (Å²) in [4.78, 5) is 26.5. The summed E-state index contributed by atoms with van der Waals surface area (Å²) in [5.41, 5.74) is -0.548. The molecule has 1 aromatic heterocycles. The molecular weight excluding hydrogens is 292 g/mol.